The third-order valence-corrected chi connectivity index (χ3v) is 1.35. The molecule has 0 radical (unpaired) electrons. The van der Waals surface area contributed by atoms with E-state index in [-0.39, 0.29) is 6.04 Å². The van der Waals surface area contributed by atoms with Crippen molar-refractivity contribution in [1.29, 1.82) is 0 Å². The fraction of sp³-hybridized carbons (Fsp3) is 0.667. The fourth-order valence-corrected chi connectivity index (χ4v) is 0.828. The van der Waals surface area contributed by atoms with Gasteiger partial charge in [-0.3, -0.25) is 0 Å². The van der Waals surface area contributed by atoms with Crippen LogP contribution in [0.3, 0.4) is 0 Å². The monoisotopic (exact) mass is 179 g/mol. The van der Waals surface area contributed by atoms with E-state index in [1.807, 2.05) is 0 Å². The number of hydrogen-bond acceptors (Lipinski definition) is 2. The van der Waals surface area contributed by atoms with Crippen molar-refractivity contribution >= 4 is 0 Å². The lowest BCUT2D eigenvalue weighted by atomic mass is 10.3. The molecule has 1 aromatic rings. The van der Waals surface area contributed by atoms with Crippen LogP contribution in [0.1, 0.15) is 25.6 Å². The van der Waals surface area contributed by atoms with E-state index in [0.717, 1.165) is 10.9 Å². The second-order valence-electron chi connectivity index (χ2n) is 2.66. The van der Waals surface area contributed by atoms with Crippen LogP contribution in [0.4, 0.5) is 13.2 Å². The quantitative estimate of drug-likeness (QED) is 0.658. The van der Waals surface area contributed by atoms with Gasteiger partial charge in [0.2, 0.25) is 0 Å². The van der Waals surface area contributed by atoms with E-state index < -0.39 is 11.9 Å². The lowest BCUT2D eigenvalue weighted by Crippen LogP contribution is -2.16. The molecule has 0 aliphatic carbocycles. The van der Waals surface area contributed by atoms with Gasteiger partial charge in [-0.2, -0.15) is 13.2 Å². The predicted octanol–water partition coefficient (Wildman–Crippen LogP) is 1.88. The van der Waals surface area contributed by atoms with E-state index >= 15 is 0 Å². The molecule has 0 unspecified atom stereocenters. The SMILES string of the molecule is CC(C)n1nncc1C(F)(F)F. The highest BCUT2D eigenvalue weighted by Gasteiger charge is 2.35. The maximum atomic E-state index is 12.1. The van der Waals surface area contributed by atoms with Gasteiger partial charge in [-0.05, 0) is 13.8 Å². The molecule has 0 fully saturated rings. The molecule has 0 aliphatic rings. The Kier molecular flexibility index (Phi) is 2.08. The van der Waals surface area contributed by atoms with Crippen LogP contribution in [0.25, 0.3) is 0 Å². The molecule has 0 spiro atoms. The summed E-state index contributed by atoms with van der Waals surface area (Å²) in [5.74, 6) is 0. The minimum Gasteiger partial charge on any atom is -0.238 e. The zero-order valence-electron chi connectivity index (χ0n) is 6.63. The van der Waals surface area contributed by atoms with Gasteiger partial charge in [0.15, 0.2) is 5.69 Å². The van der Waals surface area contributed by atoms with Gasteiger partial charge in [-0.1, -0.05) is 5.21 Å². The Hall–Kier alpha value is -1.07. The lowest BCUT2D eigenvalue weighted by Gasteiger charge is -2.10. The van der Waals surface area contributed by atoms with Crippen molar-refractivity contribution in [1.82, 2.24) is 15.0 Å². The summed E-state index contributed by atoms with van der Waals surface area (Å²) in [5, 5.41) is 6.53. The van der Waals surface area contributed by atoms with Crippen molar-refractivity contribution in [3.63, 3.8) is 0 Å². The van der Waals surface area contributed by atoms with Crippen LogP contribution in [-0.4, -0.2) is 15.0 Å². The molecule has 1 heterocycles. The zero-order chi connectivity index (χ0) is 9.35. The summed E-state index contributed by atoms with van der Waals surface area (Å²) in [6, 6.07) is -0.330. The number of alkyl halides is 3. The van der Waals surface area contributed by atoms with Gasteiger partial charge in [0, 0.05) is 6.04 Å². The minimum absolute atomic E-state index is 0.330. The number of aromatic nitrogens is 3. The summed E-state index contributed by atoms with van der Waals surface area (Å²) in [7, 11) is 0. The highest BCUT2D eigenvalue weighted by Crippen LogP contribution is 2.29. The molecule has 0 amide bonds. The van der Waals surface area contributed by atoms with Crippen molar-refractivity contribution in [3.05, 3.63) is 11.9 Å². The number of rotatable bonds is 1. The van der Waals surface area contributed by atoms with Gasteiger partial charge in [-0.15, -0.1) is 5.10 Å². The Morgan fingerprint density at radius 2 is 2.00 bits per heavy atom. The van der Waals surface area contributed by atoms with Crippen LogP contribution < -0.4 is 0 Å². The molecule has 68 valence electrons. The largest absolute Gasteiger partial charge is 0.434 e. The van der Waals surface area contributed by atoms with E-state index in [0.29, 0.717) is 0 Å². The highest BCUT2D eigenvalue weighted by atomic mass is 19.4. The summed E-state index contributed by atoms with van der Waals surface area (Å²) in [6.07, 6.45) is -3.65. The fourth-order valence-electron chi connectivity index (χ4n) is 0.828. The van der Waals surface area contributed by atoms with E-state index in [1.165, 1.54) is 0 Å². The molecular formula is C6H8F3N3. The number of nitrogens with zero attached hydrogens (tertiary/aromatic N) is 3. The molecule has 0 bridgehead atoms. The molecule has 0 aliphatic heterocycles. The van der Waals surface area contributed by atoms with Crippen molar-refractivity contribution in [2.75, 3.05) is 0 Å². The molecule has 0 N–H and O–H groups in total. The van der Waals surface area contributed by atoms with Crippen LogP contribution in [0, 0.1) is 0 Å². The third-order valence-electron chi connectivity index (χ3n) is 1.35. The molecular weight excluding hydrogens is 171 g/mol. The maximum Gasteiger partial charge on any atom is 0.434 e. The first kappa shape index (κ1) is 9.02. The Bertz CT molecular complexity index is 263. The average molecular weight is 179 g/mol. The molecule has 3 nitrogen and oxygen atoms in total. The lowest BCUT2D eigenvalue weighted by molar-refractivity contribution is -0.144. The van der Waals surface area contributed by atoms with Crippen LogP contribution >= 0.6 is 0 Å². The normalized spacial score (nSPS) is 12.5. The van der Waals surface area contributed by atoms with Crippen LogP contribution in [0.5, 0.6) is 0 Å². The highest BCUT2D eigenvalue weighted by molar-refractivity contribution is 5.00. The number of hydrogen-bond donors (Lipinski definition) is 0. The average Bonchev–Trinajstić information content (AvgIpc) is 2.30. The Balaban J connectivity index is 3.08. The molecule has 0 atom stereocenters. The second kappa shape index (κ2) is 2.76. The Morgan fingerprint density at radius 1 is 1.42 bits per heavy atom. The first-order valence-electron chi connectivity index (χ1n) is 3.40. The topological polar surface area (TPSA) is 30.7 Å². The van der Waals surface area contributed by atoms with Crippen molar-refractivity contribution in [2.24, 2.45) is 0 Å². The van der Waals surface area contributed by atoms with Crippen LogP contribution in [0.15, 0.2) is 6.20 Å². The Labute approximate surface area is 67.2 Å². The minimum atomic E-state index is -4.37. The molecule has 12 heavy (non-hydrogen) atoms. The molecule has 0 saturated heterocycles. The van der Waals surface area contributed by atoms with Crippen molar-refractivity contribution < 1.29 is 13.2 Å². The van der Waals surface area contributed by atoms with Gasteiger partial charge in [0.1, 0.15) is 0 Å². The second-order valence-corrected chi connectivity index (χ2v) is 2.66. The summed E-state index contributed by atoms with van der Waals surface area (Å²) in [5.41, 5.74) is -0.808. The van der Waals surface area contributed by atoms with Gasteiger partial charge < -0.3 is 0 Å². The first-order chi connectivity index (χ1) is 5.43. The van der Waals surface area contributed by atoms with Crippen LogP contribution in [-0.2, 0) is 6.18 Å². The molecule has 1 rings (SSSR count). The summed E-state index contributed by atoms with van der Waals surface area (Å²) in [4.78, 5) is 0. The Morgan fingerprint density at radius 3 is 2.33 bits per heavy atom. The first-order valence-corrected chi connectivity index (χ1v) is 3.40. The third kappa shape index (κ3) is 1.57. The van der Waals surface area contributed by atoms with E-state index in [9.17, 15) is 13.2 Å². The van der Waals surface area contributed by atoms with Gasteiger partial charge in [-0.25, -0.2) is 4.68 Å². The summed E-state index contributed by atoms with van der Waals surface area (Å²) >= 11 is 0. The zero-order valence-corrected chi connectivity index (χ0v) is 6.63. The van der Waals surface area contributed by atoms with Gasteiger partial charge >= 0.3 is 6.18 Å². The molecule has 6 heteroatoms. The summed E-state index contributed by atoms with van der Waals surface area (Å²) in [6.45, 7) is 3.23. The summed E-state index contributed by atoms with van der Waals surface area (Å²) < 4.78 is 37.3. The van der Waals surface area contributed by atoms with Gasteiger partial charge in [0.25, 0.3) is 0 Å². The standard InChI is InChI=1S/C6H8F3N3/c1-4(2)12-5(3-10-11-12)6(7,8)9/h3-4H,1-2H3. The van der Waals surface area contributed by atoms with Gasteiger partial charge in [0.05, 0.1) is 6.20 Å². The molecule has 0 saturated carbocycles. The van der Waals surface area contributed by atoms with E-state index in [4.69, 9.17) is 0 Å². The predicted molar refractivity (Wildman–Crippen MR) is 35.4 cm³/mol. The smallest absolute Gasteiger partial charge is 0.238 e. The number of halogens is 3. The molecule has 0 aromatic carbocycles. The van der Waals surface area contributed by atoms with Crippen molar-refractivity contribution in [2.45, 2.75) is 26.1 Å². The van der Waals surface area contributed by atoms with Crippen LogP contribution in [0.2, 0.25) is 0 Å². The van der Waals surface area contributed by atoms with E-state index in [2.05, 4.69) is 10.3 Å². The van der Waals surface area contributed by atoms with Crippen molar-refractivity contribution in [3.8, 4) is 0 Å². The molecule has 1 aromatic heterocycles. The van der Waals surface area contributed by atoms with E-state index in [1.54, 1.807) is 13.8 Å². The maximum absolute atomic E-state index is 12.1.